The summed E-state index contributed by atoms with van der Waals surface area (Å²) in [5, 5.41) is 7.89. The highest BCUT2D eigenvalue weighted by Crippen LogP contribution is 2.25. The minimum atomic E-state index is -0.533. The molecular weight excluding hydrogens is 292 g/mol. The molecule has 0 bridgehead atoms. The number of benzene rings is 2. The Labute approximate surface area is 130 Å². The first-order valence-electron chi connectivity index (χ1n) is 7.16. The standard InChI is InChI=1S/C18H12N2O3/c1-10-6-8-11(9-7-10)17(21)15-14-12-4-2-3-5-13(12)23-18(22)16(14)20-19-15/h2-9H,1H3,(H,19,20). The molecule has 2 aromatic carbocycles. The minimum Gasteiger partial charge on any atom is -0.421 e. The van der Waals surface area contributed by atoms with Crippen LogP contribution in [-0.2, 0) is 0 Å². The molecule has 1 N–H and O–H groups in total. The summed E-state index contributed by atoms with van der Waals surface area (Å²) in [6.45, 7) is 1.96. The molecule has 23 heavy (non-hydrogen) atoms. The molecule has 4 rings (SSSR count). The summed E-state index contributed by atoms with van der Waals surface area (Å²) in [5.74, 6) is -0.230. The lowest BCUT2D eigenvalue weighted by Crippen LogP contribution is -2.04. The number of hydrogen-bond acceptors (Lipinski definition) is 4. The van der Waals surface area contributed by atoms with Gasteiger partial charge in [-0.1, -0.05) is 48.0 Å². The molecule has 0 radical (unpaired) electrons. The van der Waals surface area contributed by atoms with Crippen molar-refractivity contribution in [1.82, 2.24) is 10.2 Å². The highest BCUT2D eigenvalue weighted by atomic mass is 16.4. The first kappa shape index (κ1) is 13.5. The number of nitrogens with one attached hydrogen (secondary N) is 1. The molecule has 0 saturated heterocycles. The number of para-hydroxylation sites is 1. The zero-order valence-electron chi connectivity index (χ0n) is 12.3. The van der Waals surface area contributed by atoms with Crippen LogP contribution in [0.1, 0.15) is 21.6 Å². The van der Waals surface area contributed by atoms with Crippen LogP contribution in [0.3, 0.4) is 0 Å². The Morgan fingerprint density at radius 2 is 1.83 bits per heavy atom. The summed E-state index contributed by atoms with van der Waals surface area (Å²) in [5.41, 5.74) is 1.94. The Morgan fingerprint density at radius 1 is 1.09 bits per heavy atom. The quantitative estimate of drug-likeness (QED) is 0.456. The number of carbonyl (C=O) groups is 1. The summed E-state index contributed by atoms with van der Waals surface area (Å²) in [4.78, 5) is 24.8. The van der Waals surface area contributed by atoms with Gasteiger partial charge in [-0.15, -0.1) is 0 Å². The number of ketones is 1. The van der Waals surface area contributed by atoms with Gasteiger partial charge in [-0.05, 0) is 13.0 Å². The molecule has 0 fully saturated rings. The van der Waals surface area contributed by atoms with Crippen molar-refractivity contribution in [2.45, 2.75) is 6.92 Å². The number of aryl methyl sites for hydroxylation is 1. The van der Waals surface area contributed by atoms with Crippen molar-refractivity contribution < 1.29 is 9.21 Å². The van der Waals surface area contributed by atoms with Crippen LogP contribution in [0.15, 0.2) is 57.7 Å². The molecule has 0 amide bonds. The van der Waals surface area contributed by atoms with Crippen molar-refractivity contribution in [2.75, 3.05) is 0 Å². The molecule has 2 heterocycles. The smallest absolute Gasteiger partial charge is 0.362 e. The van der Waals surface area contributed by atoms with Crippen molar-refractivity contribution in [3.63, 3.8) is 0 Å². The van der Waals surface area contributed by atoms with E-state index in [0.717, 1.165) is 5.56 Å². The van der Waals surface area contributed by atoms with E-state index < -0.39 is 5.63 Å². The SMILES string of the molecule is Cc1ccc(C(=O)c2n[nH]c3c(=O)oc4ccccc4c23)cc1. The molecule has 5 nitrogen and oxygen atoms in total. The van der Waals surface area contributed by atoms with Crippen LogP contribution in [0.5, 0.6) is 0 Å². The topological polar surface area (TPSA) is 76.0 Å². The number of rotatable bonds is 2. The third-order valence-corrected chi connectivity index (χ3v) is 3.86. The van der Waals surface area contributed by atoms with E-state index in [1.807, 2.05) is 31.2 Å². The molecule has 0 aliphatic heterocycles. The summed E-state index contributed by atoms with van der Waals surface area (Å²) in [6, 6.07) is 14.4. The van der Waals surface area contributed by atoms with E-state index in [4.69, 9.17) is 4.42 Å². The van der Waals surface area contributed by atoms with Crippen molar-refractivity contribution in [3.8, 4) is 0 Å². The maximum Gasteiger partial charge on any atom is 0.362 e. The fraction of sp³-hybridized carbons (Fsp3) is 0.0556. The average molecular weight is 304 g/mol. The van der Waals surface area contributed by atoms with E-state index in [9.17, 15) is 9.59 Å². The molecule has 0 aliphatic rings. The minimum absolute atomic E-state index is 0.208. The van der Waals surface area contributed by atoms with E-state index in [0.29, 0.717) is 21.9 Å². The Kier molecular flexibility index (Phi) is 2.87. The van der Waals surface area contributed by atoms with E-state index in [1.165, 1.54) is 0 Å². The number of carbonyl (C=O) groups excluding carboxylic acids is 1. The second kappa shape index (κ2) is 4.91. The van der Waals surface area contributed by atoms with Crippen LogP contribution in [0.2, 0.25) is 0 Å². The molecule has 0 atom stereocenters. The number of aromatic nitrogens is 2. The molecular formula is C18H12N2O3. The summed E-state index contributed by atoms with van der Waals surface area (Å²) < 4.78 is 5.25. The summed E-state index contributed by atoms with van der Waals surface area (Å²) >= 11 is 0. The second-order valence-electron chi connectivity index (χ2n) is 5.40. The van der Waals surface area contributed by atoms with Crippen molar-refractivity contribution in [1.29, 1.82) is 0 Å². The monoisotopic (exact) mass is 304 g/mol. The zero-order chi connectivity index (χ0) is 16.0. The van der Waals surface area contributed by atoms with Crippen LogP contribution in [0.25, 0.3) is 21.9 Å². The van der Waals surface area contributed by atoms with Crippen LogP contribution in [-0.4, -0.2) is 16.0 Å². The number of nitrogens with zero attached hydrogens (tertiary/aromatic N) is 1. The van der Waals surface area contributed by atoms with Crippen molar-refractivity contribution in [2.24, 2.45) is 0 Å². The van der Waals surface area contributed by atoms with Gasteiger partial charge in [0, 0.05) is 16.3 Å². The molecule has 0 spiro atoms. The highest BCUT2D eigenvalue weighted by Gasteiger charge is 2.20. The molecule has 5 heteroatoms. The average Bonchev–Trinajstić information content (AvgIpc) is 3.01. The number of hydrogen-bond donors (Lipinski definition) is 1. The second-order valence-corrected chi connectivity index (χ2v) is 5.40. The van der Waals surface area contributed by atoms with E-state index in [2.05, 4.69) is 10.2 Å². The first-order valence-corrected chi connectivity index (χ1v) is 7.16. The van der Waals surface area contributed by atoms with Crippen molar-refractivity contribution >= 4 is 27.7 Å². The molecule has 4 aromatic rings. The number of aromatic amines is 1. The molecule has 2 aromatic heterocycles. The first-order chi connectivity index (χ1) is 11.1. The maximum absolute atomic E-state index is 12.8. The van der Waals surface area contributed by atoms with Crippen LogP contribution in [0.4, 0.5) is 0 Å². The predicted octanol–water partition coefficient (Wildman–Crippen LogP) is 3.21. The largest absolute Gasteiger partial charge is 0.421 e. The van der Waals surface area contributed by atoms with E-state index >= 15 is 0 Å². The predicted molar refractivity (Wildman–Crippen MR) is 86.7 cm³/mol. The fourth-order valence-electron chi connectivity index (χ4n) is 2.67. The molecule has 0 saturated carbocycles. The van der Waals surface area contributed by atoms with Gasteiger partial charge in [-0.25, -0.2) is 4.79 Å². The van der Waals surface area contributed by atoms with E-state index in [-0.39, 0.29) is 17.0 Å². The highest BCUT2D eigenvalue weighted by molar-refractivity contribution is 6.20. The van der Waals surface area contributed by atoms with Gasteiger partial charge in [0.25, 0.3) is 0 Å². The fourth-order valence-corrected chi connectivity index (χ4v) is 2.67. The zero-order valence-corrected chi connectivity index (χ0v) is 12.3. The maximum atomic E-state index is 12.8. The number of H-pyrrole nitrogens is 1. The van der Waals surface area contributed by atoms with Crippen molar-refractivity contribution in [3.05, 3.63) is 75.8 Å². The van der Waals surface area contributed by atoms with Gasteiger partial charge in [-0.2, -0.15) is 5.10 Å². The van der Waals surface area contributed by atoms with Gasteiger partial charge >= 0.3 is 5.63 Å². The Hall–Kier alpha value is -3.21. The third-order valence-electron chi connectivity index (χ3n) is 3.86. The third kappa shape index (κ3) is 2.05. The van der Waals surface area contributed by atoms with Gasteiger partial charge in [-0.3, -0.25) is 9.89 Å². The Morgan fingerprint density at radius 3 is 2.61 bits per heavy atom. The van der Waals surface area contributed by atoms with Gasteiger partial charge in [0.15, 0.2) is 5.52 Å². The Balaban J connectivity index is 2.02. The van der Waals surface area contributed by atoms with E-state index in [1.54, 1.807) is 24.3 Å². The summed E-state index contributed by atoms with van der Waals surface area (Å²) in [6.07, 6.45) is 0. The molecule has 0 unspecified atom stereocenters. The Bertz CT molecular complexity index is 1100. The lowest BCUT2D eigenvalue weighted by molar-refractivity contribution is 0.103. The van der Waals surface area contributed by atoms with Gasteiger partial charge in [0.1, 0.15) is 11.3 Å². The van der Waals surface area contributed by atoms with Gasteiger partial charge in [0.2, 0.25) is 5.78 Å². The van der Waals surface area contributed by atoms with Gasteiger partial charge in [0.05, 0.1) is 0 Å². The number of fused-ring (bicyclic) bond motifs is 3. The van der Waals surface area contributed by atoms with Crippen LogP contribution < -0.4 is 5.63 Å². The normalized spacial score (nSPS) is 11.2. The van der Waals surface area contributed by atoms with Gasteiger partial charge < -0.3 is 4.42 Å². The molecule has 112 valence electrons. The lowest BCUT2D eigenvalue weighted by Gasteiger charge is -2.01. The van der Waals surface area contributed by atoms with Crippen LogP contribution >= 0.6 is 0 Å². The van der Waals surface area contributed by atoms with Crippen LogP contribution in [0, 0.1) is 6.92 Å². The molecule has 0 aliphatic carbocycles. The lowest BCUT2D eigenvalue weighted by atomic mass is 10.0. The summed E-state index contributed by atoms with van der Waals surface area (Å²) in [7, 11) is 0.